The van der Waals surface area contributed by atoms with Gasteiger partial charge in [0.15, 0.2) is 0 Å². The van der Waals surface area contributed by atoms with Crippen LogP contribution in [0.3, 0.4) is 0 Å². The molecule has 0 saturated heterocycles. The number of anilines is 1. The fraction of sp³-hybridized carbons (Fsp3) is 0.174. The van der Waals surface area contributed by atoms with Gasteiger partial charge in [-0.25, -0.2) is 9.48 Å². The quantitative estimate of drug-likeness (QED) is 0.433. The highest BCUT2D eigenvalue weighted by atomic mass is 35.5. The second kappa shape index (κ2) is 9.06. The van der Waals surface area contributed by atoms with Crippen LogP contribution in [0.2, 0.25) is 5.02 Å². The Labute approximate surface area is 185 Å². The standard InChI is InChI=1S/C23H21ClN4O3/c1-3-12-30-22(29)20-15(2)27-23-25-14-26-28(23)21(20)17-9-5-7-11-19(17)31-13-16-8-4-6-10-18(16)24/h3-11,14,21H,1,12-13H2,2H3,(H,25,26,27). The van der Waals surface area contributed by atoms with Crippen LogP contribution in [0, 0.1) is 0 Å². The molecule has 3 aromatic rings. The molecule has 1 aromatic heterocycles. The van der Waals surface area contributed by atoms with E-state index in [0.29, 0.717) is 28.0 Å². The number of carbonyl (C=O) groups excluding carboxylic acids is 1. The Bertz CT molecular complexity index is 1150. The Balaban J connectivity index is 1.74. The molecule has 2 heterocycles. The molecule has 0 amide bonds. The van der Waals surface area contributed by atoms with Crippen molar-refractivity contribution in [3.05, 3.63) is 94.9 Å². The molecular weight excluding hydrogens is 416 g/mol. The molecule has 31 heavy (non-hydrogen) atoms. The first kappa shape index (κ1) is 20.7. The van der Waals surface area contributed by atoms with Crippen molar-refractivity contribution in [2.24, 2.45) is 0 Å². The maximum Gasteiger partial charge on any atom is 0.338 e. The Morgan fingerprint density at radius 3 is 2.84 bits per heavy atom. The van der Waals surface area contributed by atoms with Crippen LogP contribution in [-0.4, -0.2) is 27.3 Å². The summed E-state index contributed by atoms with van der Waals surface area (Å²) in [4.78, 5) is 17.2. The zero-order chi connectivity index (χ0) is 21.8. The maximum atomic E-state index is 12.9. The fourth-order valence-electron chi connectivity index (χ4n) is 3.46. The SMILES string of the molecule is C=CCOC(=O)C1=C(C)Nc2ncnn2C1c1ccccc1OCc1ccccc1Cl. The predicted octanol–water partition coefficient (Wildman–Crippen LogP) is 4.53. The minimum Gasteiger partial charge on any atom is -0.488 e. The molecular formula is C23H21ClN4O3. The van der Waals surface area contributed by atoms with Crippen LogP contribution in [0.25, 0.3) is 0 Å². The number of fused-ring (bicyclic) bond motifs is 1. The molecule has 1 aliphatic rings. The van der Waals surface area contributed by atoms with Crippen molar-refractivity contribution in [3.8, 4) is 5.75 Å². The Hall–Kier alpha value is -3.58. The molecule has 4 rings (SSSR count). The van der Waals surface area contributed by atoms with Crippen LogP contribution in [0.1, 0.15) is 24.1 Å². The summed E-state index contributed by atoms with van der Waals surface area (Å²) in [6, 6.07) is 14.5. The topological polar surface area (TPSA) is 78.3 Å². The number of nitrogens with one attached hydrogen (secondary N) is 1. The minimum atomic E-state index is -0.571. The smallest absolute Gasteiger partial charge is 0.338 e. The fourth-order valence-corrected chi connectivity index (χ4v) is 3.65. The Kier molecular flexibility index (Phi) is 6.04. The van der Waals surface area contributed by atoms with E-state index < -0.39 is 12.0 Å². The first-order valence-corrected chi connectivity index (χ1v) is 10.1. The Morgan fingerprint density at radius 1 is 1.26 bits per heavy atom. The lowest BCUT2D eigenvalue weighted by atomic mass is 9.95. The van der Waals surface area contributed by atoms with E-state index >= 15 is 0 Å². The molecule has 0 fully saturated rings. The Morgan fingerprint density at radius 2 is 2.03 bits per heavy atom. The monoisotopic (exact) mass is 436 g/mol. The van der Waals surface area contributed by atoms with E-state index in [2.05, 4.69) is 22.0 Å². The molecule has 0 bridgehead atoms. The van der Waals surface area contributed by atoms with Gasteiger partial charge >= 0.3 is 5.97 Å². The lowest BCUT2D eigenvalue weighted by Gasteiger charge is -2.29. The molecule has 0 aliphatic carbocycles. The number of ether oxygens (including phenoxy) is 2. The van der Waals surface area contributed by atoms with Gasteiger partial charge in [0.1, 0.15) is 31.3 Å². The van der Waals surface area contributed by atoms with Gasteiger partial charge in [0.25, 0.3) is 0 Å². The summed E-state index contributed by atoms with van der Waals surface area (Å²) in [6.45, 7) is 5.81. The third-order valence-corrected chi connectivity index (χ3v) is 5.27. The van der Waals surface area contributed by atoms with Gasteiger partial charge in [0.2, 0.25) is 5.95 Å². The van der Waals surface area contributed by atoms with Crippen LogP contribution >= 0.6 is 11.6 Å². The van der Waals surface area contributed by atoms with Crippen molar-refractivity contribution in [1.29, 1.82) is 0 Å². The number of para-hydroxylation sites is 1. The zero-order valence-electron chi connectivity index (χ0n) is 16.9. The molecule has 0 spiro atoms. The second-order valence-electron chi connectivity index (χ2n) is 6.90. The van der Waals surface area contributed by atoms with Gasteiger partial charge in [-0.2, -0.15) is 10.1 Å². The predicted molar refractivity (Wildman–Crippen MR) is 118 cm³/mol. The number of allylic oxidation sites excluding steroid dienone is 1. The number of halogens is 1. The first-order chi connectivity index (χ1) is 15.1. The maximum absolute atomic E-state index is 12.9. The van der Waals surface area contributed by atoms with E-state index in [4.69, 9.17) is 21.1 Å². The van der Waals surface area contributed by atoms with Gasteiger partial charge in [-0.1, -0.05) is 60.7 Å². The number of esters is 1. The average molecular weight is 437 g/mol. The molecule has 8 heteroatoms. The second-order valence-corrected chi connectivity index (χ2v) is 7.31. The van der Waals surface area contributed by atoms with Gasteiger partial charge in [0, 0.05) is 21.8 Å². The highest BCUT2D eigenvalue weighted by Crippen LogP contribution is 2.39. The van der Waals surface area contributed by atoms with E-state index in [9.17, 15) is 4.79 Å². The molecule has 1 unspecified atom stereocenters. The van der Waals surface area contributed by atoms with Crippen LogP contribution in [0.5, 0.6) is 5.75 Å². The number of rotatable bonds is 7. The molecule has 0 saturated carbocycles. The normalized spacial score (nSPS) is 15.1. The van der Waals surface area contributed by atoms with Crippen molar-refractivity contribution < 1.29 is 14.3 Å². The van der Waals surface area contributed by atoms with E-state index in [1.54, 1.807) is 4.68 Å². The average Bonchev–Trinajstić information content (AvgIpc) is 3.24. The third-order valence-electron chi connectivity index (χ3n) is 4.90. The minimum absolute atomic E-state index is 0.108. The van der Waals surface area contributed by atoms with Crippen molar-refractivity contribution >= 4 is 23.5 Å². The van der Waals surface area contributed by atoms with E-state index in [0.717, 1.165) is 11.1 Å². The summed E-state index contributed by atoms with van der Waals surface area (Å²) < 4.78 is 13.1. The number of benzene rings is 2. The van der Waals surface area contributed by atoms with Gasteiger partial charge in [0.05, 0.1) is 5.57 Å². The van der Waals surface area contributed by atoms with Crippen LogP contribution in [0.4, 0.5) is 5.95 Å². The van der Waals surface area contributed by atoms with Gasteiger partial charge in [-0.3, -0.25) is 0 Å². The number of hydrogen-bond acceptors (Lipinski definition) is 6. The molecule has 1 aliphatic heterocycles. The highest BCUT2D eigenvalue weighted by molar-refractivity contribution is 6.31. The molecule has 2 aromatic carbocycles. The van der Waals surface area contributed by atoms with Crippen molar-refractivity contribution in [2.75, 3.05) is 11.9 Å². The van der Waals surface area contributed by atoms with Crippen LogP contribution in [-0.2, 0) is 16.1 Å². The summed E-state index contributed by atoms with van der Waals surface area (Å²) >= 11 is 6.28. The van der Waals surface area contributed by atoms with Gasteiger partial charge < -0.3 is 14.8 Å². The first-order valence-electron chi connectivity index (χ1n) is 9.70. The number of nitrogens with zero attached hydrogens (tertiary/aromatic N) is 3. The van der Waals surface area contributed by atoms with Gasteiger partial charge in [-0.05, 0) is 19.1 Å². The zero-order valence-corrected chi connectivity index (χ0v) is 17.7. The molecule has 158 valence electrons. The summed E-state index contributed by atoms with van der Waals surface area (Å²) in [5.41, 5.74) is 2.69. The van der Waals surface area contributed by atoms with Gasteiger partial charge in [-0.15, -0.1) is 0 Å². The van der Waals surface area contributed by atoms with Crippen LogP contribution in [0.15, 0.2) is 78.8 Å². The molecule has 0 radical (unpaired) electrons. The van der Waals surface area contributed by atoms with Crippen molar-refractivity contribution in [3.63, 3.8) is 0 Å². The third kappa shape index (κ3) is 4.18. The van der Waals surface area contributed by atoms with E-state index in [-0.39, 0.29) is 13.2 Å². The lowest BCUT2D eigenvalue weighted by molar-refractivity contribution is -0.138. The largest absolute Gasteiger partial charge is 0.488 e. The summed E-state index contributed by atoms with van der Waals surface area (Å²) in [7, 11) is 0. The van der Waals surface area contributed by atoms with Crippen LogP contribution < -0.4 is 10.1 Å². The van der Waals surface area contributed by atoms with E-state index in [1.165, 1.54) is 12.4 Å². The summed E-state index contributed by atoms with van der Waals surface area (Å²) in [5.74, 6) is 0.679. The summed E-state index contributed by atoms with van der Waals surface area (Å²) in [5, 5.41) is 8.09. The molecule has 1 atom stereocenters. The van der Waals surface area contributed by atoms with E-state index in [1.807, 2.05) is 55.5 Å². The number of carbonyl (C=O) groups is 1. The molecule has 1 N–H and O–H groups in total. The summed E-state index contributed by atoms with van der Waals surface area (Å²) in [6.07, 6.45) is 2.97. The van der Waals surface area contributed by atoms with Crippen molar-refractivity contribution in [1.82, 2.24) is 14.8 Å². The highest BCUT2D eigenvalue weighted by Gasteiger charge is 2.35. The lowest BCUT2D eigenvalue weighted by Crippen LogP contribution is -2.30. The van der Waals surface area contributed by atoms with Crippen molar-refractivity contribution in [2.45, 2.75) is 19.6 Å². The number of hydrogen-bond donors (Lipinski definition) is 1. The molecule has 7 nitrogen and oxygen atoms in total. The number of aromatic nitrogens is 3.